The Morgan fingerprint density at radius 3 is 1.69 bits per heavy atom. The first-order valence-corrected chi connectivity index (χ1v) is 14.5. The fourth-order valence-corrected chi connectivity index (χ4v) is 6.92. The summed E-state index contributed by atoms with van der Waals surface area (Å²) < 4.78 is 1.59. The summed E-state index contributed by atoms with van der Waals surface area (Å²) in [7, 11) is 0. The molecule has 39 heavy (non-hydrogen) atoms. The summed E-state index contributed by atoms with van der Waals surface area (Å²) in [6.07, 6.45) is 0. The molecule has 1 N–H and O–H groups in total. The van der Waals surface area contributed by atoms with E-state index in [1.165, 1.54) is 33.6 Å². The number of fused-ring (bicyclic) bond motifs is 1. The third-order valence-electron chi connectivity index (χ3n) is 7.78. The van der Waals surface area contributed by atoms with Crippen LogP contribution in [0.25, 0.3) is 4.96 Å². The summed E-state index contributed by atoms with van der Waals surface area (Å²) in [4.78, 5) is 11.3. The van der Waals surface area contributed by atoms with E-state index in [0.29, 0.717) is 11.7 Å². The number of hydrogen-bond acceptors (Lipinski definition) is 6. The minimum Gasteiger partial charge on any atom is -0.492 e. The summed E-state index contributed by atoms with van der Waals surface area (Å²) in [5.41, 5.74) is 5.14. The minimum atomic E-state index is -0.0610. The van der Waals surface area contributed by atoms with Crippen molar-refractivity contribution in [3.63, 3.8) is 0 Å². The van der Waals surface area contributed by atoms with Gasteiger partial charge in [0.15, 0.2) is 0 Å². The predicted molar refractivity (Wildman–Crippen MR) is 158 cm³/mol. The largest absolute Gasteiger partial charge is 0.492 e. The van der Waals surface area contributed by atoms with Crippen LogP contribution in [0, 0.1) is 6.92 Å². The second kappa shape index (κ2) is 10.9. The number of benzene rings is 3. The molecule has 6 rings (SSSR count). The Balaban J connectivity index is 1.32. The van der Waals surface area contributed by atoms with E-state index in [0.717, 1.165) is 36.0 Å². The smallest absolute Gasteiger partial charge is 0.230 e. The summed E-state index contributed by atoms with van der Waals surface area (Å²) in [6.45, 7) is 9.92. The van der Waals surface area contributed by atoms with Crippen LogP contribution in [0.15, 0.2) is 84.9 Å². The molecular formula is C32H35N5OS. The second-order valence-corrected chi connectivity index (χ2v) is 11.7. The lowest BCUT2D eigenvalue weighted by Crippen LogP contribution is -2.49. The highest BCUT2D eigenvalue weighted by molar-refractivity contribution is 7.17. The van der Waals surface area contributed by atoms with Gasteiger partial charge in [-0.1, -0.05) is 110 Å². The van der Waals surface area contributed by atoms with Crippen LogP contribution < -0.4 is 0 Å². The normalized spacial score (nSPS) is 15.9. The number of piperazine rings is 1. The van der Waals surface area contributed by atoms with Crippen molar-refractivity contribution >= 4 is 16.3 Å². The lowest BCUT2D eigenvalue weighted by atomic mass is 9.95. The fraction of sp³-hybridized carbons (Fsp3) is 0.312. The molecule has 0 amide bonds. The van der Waals surface area contributed by atoms with Crippen molar-refractivity contribution in [2.75, 3.05) is 26.2 Å². The highest BCUT2D eigenvalue weighted by atomic mass is 32.1. The van der Waals surface area contributed by atoms with Crippen molar-refractivity contribution in [2.24, 2.45) is 0 Å². The molecule has 5 aromatic rings. The Hall–Kier alpha value is -3.52. The maximum atomic E-state index is 11.3. The van der Waals surface area contributed by atoms with Gasteiger partial charge < -0.3 is 5.11 Å². The van der Waals surface area contributed by atoms with Gasteiger partial charge in [-0.2, -0.15) is 4.52 Å². The third kappa shape index (κ3) is 5.10. The summed E-state index contributed by atoms with van der Waals surface area (Å²) in [6, 6.07) is 30.7. The zero-order valence-electron chi connectivity index (χ0n) is 22.7. The Morgan fingerprint density at radius 2 is 1.18 bits per heavy atom. The zero-order valence-corrected chi connectivity index (χ0v) is 23.6. The number of hydrogen-bond donors (Lipinski definition) is 1. The van der Waals surface area contributed by atoms with Crippen LogP contribution >= 0.6 is 11.3 Å². The molecule has 1 atom stereocenters. The zero-order chi connectivity index (χ0) is 26.9. The molecule has 1 saturated heterocycles. The lowest BCUT2D eigenvalue weighted by Gasteiger charge is -2.42. The van der Waals surface area contributed by atoms with Crippen LogP contribution in [0.2, 0.25) is 0 Å². The highest BCUT2D eigenvalue weighted by Gasteiger charge is 2.34. The molecule has 200 valence electrons. The van der Waals surface area contributed by atoms with Gasteiger partial charge >= 0.3 is 0 Å². The SMILES string of the molecule is Cc1nc2sc(C(c3ccc(C(C)C)cc3)N3CCN(C(c4ccccc4)c4ccccc4)CC3)c(O)n2n1. The standard InChI is InChI=1S/C32H35N5OS/c1-22(2)24-14-16-27(17-15-24)29(30-31(38)37-32(39-30)33-23(3)34-37)36-20-18-35(19-21-36)28(25-10-6-4-7-11-25)26-12-8-5-9-13-26/h4-17,22,28-29,38H,18-21H2,1-3H3. The van der Waals surface area contributed by atoms with Gasteiger partial charge in [0.2, 0.25) is 10.8 Å². The lowest BCUT2D eigenvalue weighted by molar-refractivity contribution is 0.0899. The van der Waals surface area contributed by atoms with Gasteiger partial charge in [0.25, 0.3) is 0 Å². The molecule has 2 aromatic heterocycles. The molecule has 1 unspecified atom stereocenters. The molecule has 3 heterocycles. The Labute approximate surface area is 234 Å². The van der Waals surface area contributed by atoms with Gasteiger partial charge in [-0.25, -0.2) is 4.98 Å². The van der Waals surface area contributed by atoms with Crippen LogP contribution in [0.4, 0.5) is 0 Å². The van der Waals surface area contributed by atoms with Crippen molar-refractivity contribution in [2.45, 2.75) is 38.8 Å². The monoisotopic (exact) mass is 537 g/mol. The van der Waals surface area contributed by atoms with E-state index < -0.39 is 0 Å². The molecule has 0 aliphatic carbocycles. The molecule has 6 nitrogen and oxygen atoms in total. The van der Waals surface area contributed by atoms with Crippen LogP contribution in [0.5, 0.6) is 5.88 Å². The van der Waals surface area contributed by atoms with Crippen LogP contribution in [0.3, 0.4) is 0 Å². The summed E-state index contributed by atoms with van der Waals surface area (Å²) in [5.74, 6) is 1.34. The van der Waals surface area contributed by atoms with Crippen LogP contribution in [-0.4, -0.2) is 55.7 Å². The molecule has 0 saturated carbocycles. The van der Waals surface area contributed by atoms with Crippen molar-refractivity contribution in [3.05, 3.63) is 118 Å². The van der Waals surface area contributed by atoms with Crippen LogP contribution in [0.1, 0.15) is 64.8 Å². The average molecular weight is 538 g/mol. The Bertz CT molecular complexity index is 1480. The first-order valence-electron chi connectivity index (χ1n) is 13.7. The topological polar surface area (TPSA) is 56.9 Å². The van der Waals surface area contributed by atoms with E-state index in [2.05, 4.69) is 119 Å². The van der Waals surface area contributed by atoms with Crippen molar-refractivity contribution in [3.8, 4) is 5.88 Å². The van der Waals surface area contributed by atoms with Crippen molar-refractivity contribution in [1.29, 1.82) is 0 Å². The molecule has 1 aliphatic rings. The van der Waals surface area contributed by atoms with E-state index in [9.17, 15) is 5.11 Å². The van der Waals surface area contributed by atoms with Gasteiger partial charge in [-0.3, -0.25) is 9.80 Å². The Morgan fingerprint density at radius 1 is 0.692 bits per heavy atom. The van der Waals surface area contributed by atoms with Gasteiger partial charge in [0.05, 0.1) is 17.0 Å². The molecule has 0 radical (unpaired) electrons. The van der Waals surface area contributed by atoms with Crippen molar-refractivity contribution in [1.82, 2.24) is 24.4 Å². The highest BCUT2D eigenvalue weighted by Crippen LogP contribution is 2.41. The molecule has 1 fully saturated rings. The van der Waals surface area contributed by atoms with Gasteiger partial charge in [0, 0.05) is 26.2 Å². The van der Waals surface area contributed by atoms with Gasteiger partial charge in [-0.05, 0) is 35.1 Å². The predicted octanol–water partition coefficient (Wildman–Crippen LogP) is 6.42. The van der Waals surface area contributed by atoms with E-state index in [1.54, 1.807) is 4.52 Å². The molecule has 1 aliphatic heterocycles. The molecule has 3 aromatic carbocycles. The second-order valence-electron chi connectivity index (χ2n) is 10.7. The van der Waals surface area contributed by atoms with Gasteiger partial charge in [0.1, 0.15) is 5.82 Å². The Kier molecular flexibility index (Phi) is 7.21. The summed E-state index contributed by atoms with van der Waals surface area (Å²) >= 11 is 1.54. The number of nitrogens with zero attached hydrogens (tertiary/aromatic N) is 5. The molecule has 0 spiro atoms. The summed E-state index contributed by atoms with van der Waals surface area (Å²) in [5, 5.41) is 15.7. The average Bonchev–Trinajstić information content (AvgIpc) is 3.47. The first-order chi connectivity index (χ1) is 19.0. The van der Waals surface area contributed by atoms with Gasteiger partial charge in [-0.15, -0.1) is 5.10 Å². The fourth-order valence-electron chi connectivity index (χ4n) is 5.76. The maximum Gasteiger partial charge on any atom is 0.230 e. The van der Waals surface area contributed by atoms with E-state index in [1.807, 2.05) is 6.92 Å². The number of aryl methyl sites for hydroxylation is 1. The molecular weight excluding hydrogens is 502 g/mol. The number of thiazole rings is 1. The number of aromatic hydroxyl groups is 1. The first kappa shape index (κ1) is 25.7. The number of aromatic nitrogens is 3. The number of rotatable bonds is 7. The van der Waals surface area contributed by atoms with Crippen molar-refractivity contribution < 1.29 is 5.11 Å². The van der Waals surface area contributed by atoms with E-state index in [4.69, 9.17) is 0 Å². The molecule has 7 heteroatoms. The van der Waals surface area contributed by atoms with E-state index >= 15 is 0 Å². The third-order valence-corrected chi connectivity index (χ3v) is 8.86. The quantitative estimate of drug-likeness (QED) is 0.259. The maximum absolute atomic E-state index is 11.3. The van der Waals surface area contributed by atoms with Crippen LogP contribution in [-0.2, 0) is 0 Å². The molecule has 0 bridgehead atoms. The van der Waals surface area contributed by atoms with E-state index in [-0.39, 0.29) is 18.0 Å². The minimum absolute atomic E-state index is 0.0610.